The lowest BCUT2D eigenvalue weighted by atomic mass is 9.89. The molecule has 6 nitrogen and oxygen atoms in total. The molecule has 3 atom stereocenters. The highest BCUT2D eigenvalue weighted by Crippen LogP contribution is 2.37. The maximum Gasteiger partial charge on any atom is 0.275 e. The second-order valence-electron chi connectivity index (χ2n) is 9.69. The molecule has 2 aromatic heterocycles. The molecule has 3 unspecified atom stereocenters. The van der Waals surface area contributed by atoms with Gasteiger partial charge in [-0.05, 0) is 56.9 Å². The Labute approximate surface area is 197 Å². The van der Waals surface area contributed by atoms with E-state index in [1.165, 1.54) is 31.2 Å². The molecule has 0 aliphatic carbocycles. The Morgan fingerprint density at radius 1 is 1.15 bits per heavy atom. The standard InChI is InChI=1S/C27H37N5O/c1-6-7-14-23(32-18(2)10-8-11-19(32)3)21-12-9-13-22-26(21)30-25(27(33)29-22)20-15-16-24(28-17-20)31(4)5/h9,12-13,15-19,23H,6-8,10-11,14H2,1-5H3,(H,29,33). The zero-order chi connectivity index (χ0) is 23.5. The number of likely N-dealkylation sites (tertiary alicyclic amines) is 1. The van der Waals surface area contributed by atoms with Gasteiger partial charge in [0.2, 0.25) is 0 Å². The number of para-hydroxylation sites is 1. The Morgan fingerprint density at radius 3 is 2.55 bits per heavy atom. The summed E-state index contributed by atoms with van der Waals surface area (Å²) in [4.78, 5) is 30.1. The summed E-state index contributed by atoms with van der Waals surface area (Å²) in [6.07, 6.45) is 8.93. The van der Waals surface area contributed by atoms with Crippen molar-refractivity contribution in [3.8, 4) is 11.3 Å². The molecular weight excluding hydrogens is 410 g/mol. The molecule has 4 rings (SSSR count). The van der Waals surface area contributed by atoms with Gasteiger partial charge in [-0.25, -0.2) is 9.97 Å². The van der Waals surface area contributed by atoms with Crippen LogP contribution in [-0.2, 0) is 0 Å². The number of aromatic amines is 1. The third kappa shape index (κ3) is 4.81. The Balaban J connectivity index is 1.83. The molecule has 1 aliphatic rings. The molecule has 0 radical (unpaired) electrons. The summed E-state index contributed by atoms with van der Waals surface area (Å²) >= 11 is 0. The van der Waals surface area contributed by atoms with E-state index in [-0.39, 0.29) is 5.56 Å². The van der Waals surface area contributed by atoms with E-state index in [1.54, 1.807) is 6.20 Å². The first-order valence-corrected chi connectivity index (χ1v) is 12.3. The summed E-state index contributed by atoms with van der Waals surface area (Å²) in [6.45, 7) is 6.97. The molecule has 0 amide bonds. The average Bonchev–Trinajstić information content (AvgIpc) is 2.80. The van der Waals surface area contributed by atoms with Crippen LogP contribution in [0.4, 0.5) is 5.82 Å². The molecular formula is C27H37N5O. The van der Waals surface area contributed by atoms with Crippen LogP contribution in [0, 0.1) is 0 Å². The Hall–Kier alpha value is -2.73. The highest BCUT2D eigenvalue weighted by Gasteiger charge is 2.32. The maximum atomic E-state index is 12.9. The molecule has 3 heterocycles. The van der Waals surface area contributed by atoms with E-state index in [0.717, 1.165) is 35.3 Å². The number of aromatic nitrogens is 3. The minimum absolute atomic E-state index is 0.177. The number of pyridine rings is 1. The van der Waals surface area contributed by atoms with Gasteiger partial charge >= 0.3 is 0 Å². The molecule has 3 aromatic rings. The van der Waals surface area contributed by atoms with Crippen molar-refractivity contribution < 1.29 is 0 Å². The fourth-order valence-corrected chi connectivity index (χ4v) is 5.30. The van der Waals surface area contributed by atoms with Gasteiger partial charge in [-0.1, -0.05) is 38.3 Å². The number of piperidine rings is 1. The number of hydrogen-bond acceptors (Lipinski definition) is 5. The highest BCUT2D eigenvalue weighted by molar-refractivity contribution is 5.80. The number of unbranched alkanes of at least 4 members (excludes halogenated alkanes) is 1. The summed E-state index contributed by atoms with van der Waals surface area (Å²) < 4.78 is 0. The van der Waals surface area contributed by atoms with Crippen LogP contribution in [0.5, 0.6) is 0 Å². The largest absolute Gasteiger partial charge is 0.363 e. The number of benzene rings is 1. The lowest BCUT2D eigenvalue weighted by Crippen LogP contribution is -2.46. The second kappa shape index (κ2) is 10.0. The molecule has 1 saturated heterocycles. The molecule has 0 saturated carbocycles. The van der Waals surface area contributed by atoms with Gasteiger partial charge in [-0.3, -0.25) is 9.69 Å². The van der Waals surface area contributed by atoms with Crippen LogP contribution in [-0.4, -0.2) is 46.0 Å². The van der Waals surface area contributed by atoms with Gasteiger partial charge in [-0.15, -0.1) is 0 Å². The van der Waals surface area contributed by atoms with E-state index in [2.05, 4.69) is 47.8 Å². The van der Waals surface area contributed by atoms with Crippen molar-refractivity contribution in [3.05, 3.63) is 52.4 Å². The van der Waals surface area contributed by atoms with Crippen LogP contribution in [0.25, 0.3) is 22.3 Å². The van der Waals surface area contributed by atoms with Crippen LogP contribution in [0.3, 0.4) is 0 Å². The smallest absolute Gasteiger partial charge is 0.275 e. The van der Waals surface area contributed by atoms with E-state index < -0.39 is 0 Å². The zero-order valence-electron chi connectivity index (χ0n) is 20.6. The first-order chi connectivity index (χ1) is 15.9. The Kier molecular flexibility index (Phi) is 7.13. The van der Waals surface area contributed by atoms with Gasteiger partial charge in [-0.2, -0.15) is 0 Å². The minimum atomic E-state index is -0.177. The Bertz CT molecular complexity index is 1130. The first kappa shape index (κ1) is 23.4. The third-order valence-corrected chi connectivity index (χ3v) is 7.05. The van der Waals surface area contributed by atoms with Crippen molar-refractivity contribution in [3.63, 3.8) is 0 Å². The number of H-pyrrole nitrogens is 1. The lowest BCUT2D eigenvalue weighted by molar-refractivity contribution is 0.0495. The summed E-state index contributed by atoms with van der Waals surface area (Å²) in [5.74, 6) is 0.851. The summed E-state index contributed by atoms with van der Waals surface area (Å²) in [6, 6.07) is 11.4. The number of rotatable bonds is 7. The van der Waals surface area contributed by atoms with Gasteiger partial charge in [0.15, 0.2) is 0 Å². The molecule has 176 valence electrons. The number of fused-ring (bicyclic) bond motifs is 1. The molecule has 1 aromatic carbocycles. The molecule has 0 spiro atoms. The summed E-state index contributed by atoms with van der Waals surface area (Å²) in [7, 11) is 3.91. The topological polar surface area (TPSA) is 65.1 Å². The SMILES string of the molecule is CCCCC(c1cccc2[nH]c(=O)c(-c3ccc(N(C)C)nc3)nc12)N1C(C)CCCC1C. The molecule has 33 heavy (non-hydrogen) atoms. The van der Waals surface area contributed by atoms with Gasteiger partial charge in [0.1, 0.15) is 11.5 Å². The summed E-state index contributed by atoms with van der Waals surface area (Å²) in [5, 5.41) is 0. The van der Waals surface area contributed by atoms with Gasteiger partial charge in [0, 0.05) is 44.0 Å². The van der Waals surface area contributed by atoms with Crippen molar-refractivity contribution in [2.24, 2.45) is 0 Å². The Morgan fingerprint density at radius 2 is 1.91 bits per heavy atom. The van der Waals surface area contributed by atoms with Crippen molar-refractivity contribution in [2.75, 3.05) is 19.0 Å². The second-order valence-corrected chi connectivity index (χ2v) is 9.69. The number of nitrogens with zero attached hydrogens (tertiary/aromatic N) is 4. The predicted octanol–water partition coefficient (Wildman–Crippen LogP) is 5.55. The van der Waals surface area contributed by atoms with Crippen LogP contribution < -0.4 is 10.5 Å². The van der Waals surface area contributed by atoms with Crippen molar-refractivity contribution >= 4 is 16.9 Å². The molecule has 1 aliphatic heterocycles. The number of anilines is 1. The van der Waals surface area contributed by atoms with Crippen molar-refractivity contribution in [1.82, 2.24) is 19.9 Å². The van der Waals surface area contributed by atoms with Crippen LogP contribution >= 0.6 is 0 Å². The van der Waals surface area contributed by atoms with E-state index in [4.69, 9.17) is 4.98 Å². The van der Waals surface area contributed by atoms with E-state index >= 15 is 0 Å². The molecule has 6 heteroatoms. The monoisotopic (exact) mass is 447 g/mol. The van der Waals surface area contributed by atoms with Gasteiger partial charge < -0.3 is 9.88 Å². The van der Waals surface area contributed by atoms with Crippen molar-refractivity contribution in [2.45, 2.75) is 77.4 Å². The fraction of sp³-hybridized carbons (Fsp3) is 0.519. The van der Waals surface area contributed by atoms with E-state index in [9.17, 15) is 4.79 Å². The first-order valence-electron chi connectivity index (χ1n) is 12.3. The fourth-order valence-electron chi connectivity index (χ4n) is 5.30. The third-order valence-electron chi connectivity index (χ3n) is 7.05. The molecule has 0 bridgehead atoms. The minimum Gasteiger partial charge on any atom is -0.363 e. The van der Waals surface area contributed by atoms with Crippen molar-refractivity contribution in [1.29, 1.82) is 0 Å². The quantitative estimate of drug-likeness (QED) is 0.515. The zero-order valence-corrected chi connectivity index (χ0v) is 20.6. The van der Waals surface area contributed by atoms with Gasteiger partial charge in [0.25, 0.3) is 5.56 Å². The summed E-state index contributed by atoms with van der Waals surface area (Å²) in [5.41, 5.74) is 3.92. The average molecular weight is 448 g/mol. The maximum absolute atomic E-state index is 12.9. The lowest BCUT2D eigenvalue weighted by Gasteiger charge is -2.44. The normalized spacial score (nSPS) is 20.2. The van der Waals surface area contributed by atoms with Crippen LogP contribution in [0.1, 0.15) is 70.9 Å². The van der Waals surface area contributed by atoms with Crippen LogP contribution in [0.2, 0.25) is 0 Å². The van der Waals surface area contributed by atoms with E-state index in [0.29, 0.717) is 23.8 Å². The number of hydrogen-bond donors (Lipinski definition) is 1. The highest BCUT2D eigenvalue weighted by atomic mass is 16.1. The predicted molar refractivity (Wildman–Crippen MR) is 137 cm³/mol. The van der Waals surface area contributed by atoms with Gasteiger partial charge in [0.05, 0.1) is 11.0 Å². The number of nitrogens with one attached hydrogen (secondary N) is 1. The van der Waals surface area contributed by atoms with E-state index in [1.807, 2.05) is 37.2 Å². The molecule has 1 N–H and O–H groups in total. The van der Waals surface area contributed by atoms with Crippen LogP contribution in [0.15, 0.2) is 41.3 Å². The molecule has 1 fully saturated rings.